The number of aliphatic hydroxyl groups is 1. The summed E-state index contributed by atoms with van der Waals surface area (Å²) in [4.78, 5) is 19.2. The van der Waals surface area contributed by atoms with E-state index in [2.05, 4.69) is 38.1 Å². The van der Waals surface area contributed by atoms with Crippen LogP contribution in [0, 0.1) is 0 Å². The Morgan fingerprint density at radius 1 is 1.03 bits per heavy atom. The Hall–Kier alpha value is -2.45. The van der Waals surface area contributed by atoms with E-state index >= 15 is 0 Å². The number of hydrogen-bond donors (Lipinski definition) is 3. The quantitative estimate of drug-likeness (QED) is 0.366. The first kappa shape index (κ1) is 28.6. The van der Waals surface area contributed by atoms with Crippen LogP contribution in [0.1, 0.15) is 88.6 Å². The molecule has 1 saturated carbocycles. The molecule has 0 bridgehead atoms. The molecule has 4 rings (SSSR count). The number of nitrogens with zero attached hydrogens (tertiary/aromatic N) is 1. The number of carbonyl (C=O) groups is 1. The first-order valence-electron chi connectivity index (χ1n) is 14.0. The minimum atomic E-state index is -0.717. The maximum absolute atomic E-state index is 12.6. The van der Waals surface area contributed by atoms with Gasteiger partial charge < -0.3 is 20.3 Å². The zero-order valence-corrected chi connectivity index (χ0v) is 23.3. The lowest BCUT2D eigenvalue weighted by atomic mass is 9.79. The maximum Gasteiger partial charge on any atom is 0.196 e. The van der Waals surface area contributed by atoms with Crippen LogP contribution in [-0.2, 0) is 4.84 Å². The van der Waals surface area contributed by atoms with E-state index in [0.29, 0.717) is 24.0 Å². The third kappa shape index (κ3) is 7.14. The fraction of sp³-hybridized carbons (Fsp3) is 0.581. The average Bonchev–Trinajstić information content (AvgIpc) is 2.89. The standard InChI is InChI=1S/C31H44N2O5/c1-30(2)18-23(19-31(3,4)33(30)38-25-13-9-6-10-14-25)32-20-24(34)21-37-26-15-16-27(28(35)17-26)29(36)22-11-7-5-8-12-22/h5,7-8,11-12,15-17,23-25,32,34-35H,6,9-10,13-14,18-21H2,1-4H3. The van der Waals surface area contributed by atoms with Crippen LogP contribution in [0.2, 0.25) is 0 Å². The molecule has 2 fully saturated rings. The molecule has 1 atom stereocenters. The van der Waals surface area contributed by atoms with Gasteiger partial charge in [-0.25, -0.2) is 0 Å². The number of nitrogens with one attached hydrogen (secondary N) is 1. The van der Waals surface area contributed by atoms with Crippen molar-refractivity contribution in [2.75, 3.05) is 13.2 Å². The topological polar surface area (TPSA) is 91.3 Å². The van der Waals surface area contributed by atoms with E-state index in [1.54, 1.807) is 36.4 Å². The van der Waals surface area contributed by atoms with E-state index in [-0.39, 0.29) is 40.8 Å². The number of hydrogen-bond acceptors (Lipinski definition) is 7. The average molecular weight is 525 g/mol. The summed E-state index contributed by atoms with van der Waals surface area (Å²) in [5.41, 5.74) is 0.467. The summed E-state index contributed by atoms with van der Waals surface area (Å²) >= 11 is 0. The van der Waals surface area contributed by atoms with Crippen molar-refractivity contribution in [2.45, 2.75) is 102 Å². The number of ether oxygens (including phenoxy) is 1. The first-order chi connectivity index (χ1) is 18.0. The van der Waals surface area contributed by atoms with Gasteiger partial charge in [-0.3, -0.25) is 9.63 Å². The maximum atomic E-state index is 12.6. The van der Waals surface area contributed by atoms with Crippen molar-refractivity contribution in [2.24, 2.45) is 0 Å². The van der Waals surface area contributed by atoms with Gasteiger partial charge in [-0.1, -0.05) is 49.6 Å². The molecular formula is C31H44N2O5. The minimum Gasteiger partial charge on any atom is -0.507 e. The summed E-state index contributed by atoms with van der Waals surface area (Å²) in [5, 5.41) is 26.8. The number of piperidine rings is 1. The highest BCUT2D eigenvalue weighted by Crippen LogP contribution is 2.40. The lowest BCUT2D eigenvalue weighted by Gasteiger charge is -2.55. The lowest BCUT2D eigenvalue weighted by molar-refractivity contribution is -0.311. The molecule has 1 unspecified atom stereocenters. The van der Waals surface area contributed by atoms with Crippen molar-refractivity contribution < 1.29 is 24.6 Å². The van der Waals surface area contributed by atoms with E-state index in [9.17, 15) is 15.0 Å². The van der Waals surface area contributed by atoms with Gasteiger partial charge in [0, 0.05) is 35.3 Å². The van der Waals surface area contributed by atoms with Gasteiger partial charge in [0.2, 0.25) is 0 Å². The molecule has 1 aliphatic carbocycles. The van der Waals surface area contributed by atoms with Gasteiger partial charge in [-0.2, -0.15) is 5.06 Å². The smallest absolute Gasteiger partial charge is 0.196 e. The second-order valence-electron chi connectivity index (χ2n) is 12.1. The summed E-state index contributed by atoms with van der Waals surface area (Å²) < 4.78 is 5.72. The molecule has 0 aromatic heterocycles. The van der Waals surface area contributed by atoms with E-state index in [1.807, 2.05) is 6.07 Å². The minimum absolute atomic E-state index is 0.0782. The molecule has 0 amide bonds. The highest BCUT2D eigenvalue weighted by molar-refractivity contribution is 6.10. The lowest BCUT2D eigenvalue weighted by Crippen LogP contribution is -2.64. The Labute approximate surface area is 227 Å². The van der Waals surface area contributed by atoms with Crippen LogP contribution >= 0.6 is 0 Å². The van der Waals surface area contributed by atoms with E-state index < -0.39 is 6.10 Å². The number of benzene rings is 2. The molecular weight excluding hydrogens is 480 g/mol. The summed E-state index contributed by atoms with van der Waals surface area (Å²) in [6.07, 6.45) is 7.52. The van der Waals surface area contributed by atoms with Gasteiger partial charge in [0.05, 0.1) is 11.7 Å². The van der Waals surface area contributed by atoms with Crippen LogP contribution in [-0.4, -0.2) is 63.5 Å². The zero-order chi connectivity index (χ0) is 27.3. The first-order valence-corrected chi connectivity index (χ1v) is 14.0. The number of rotatable bonds is 10. The van der Waals surface area contributed by atoms with E-state index in [1.165, 1.54) is 25.3 Å². The van der Waals surface area contributed by atoms with Crippen LogP contribution in [0.4, 0.5) is 0 Å². The van der Waals surface area contributed by atoms with Gasteiger partial charge in [0.1, 0.15) is 24.2 Å². The Morgan fingerprint density at radius 3 is 2.32 bits per heavy atom. The van der Waals surface area contributed by atoms with E-state index in [0.717, 1.165) is 25.7 Å². The number of phenolic OH excluding ortho intramolecular Hbond substituents is 1. The number of ketones is 1. The molecule has 1 saturated heterocycles. The molecule has 208 valence electrons. The normalized spacial score (nSPS) is 21.2. The molecule has 2 aromatic rings. The Balaban J connectivity index is 1.26. The summed E-state index contributed by atoms with van der Waals surface area (Å²) in [5.74, 6) is 0.0113. The molecule has 0 spiro atoms. The Morgan fingerprint density at radius 2 is 1.68 bits per heavy atom. The highest BCUT2D eigenvalue weighted by Gasteiger charge is 2.47. The predicted octanol–water partition coefficient (Wildman–Crippen LogP) is 5.24. The summed E-state index contributed by atoms with van der Waals surface area (Å²) in [6, 6.07) is 13.7. The van der Waals surface area contributed by atoms with Crippen molar-refractivity contribution in [1.29, 1.82) is 0 Å². The number of aromatic hydroxyl groups is 1. The number of phenols is 1. The SMILES string of the molecule is CC1(C)CC(NCC(O)COc2ccc(C(=O)c3ccccc3)c(O)c2)CC(C)(C)N1OC1CCCCC1. The van der Waals surface area contributed by atoms with Crippen molar-refractivity contribution in [3.8, 4) is 11.5 Å². The molecule has 0 radical (unpaired) electrons. The third-order valence-electron chi connectivity index (χ3n) is 7.73. The Kier molecular flexibility index (Phi) is 9.14. The largest absolute Gasteiger partial charge is 0.507 e. The van der Waals surface area contributed by atoms with Crippen molar-refractivity contribution in [1.82, 2.24) is 10.4 Å². The monoisotopic (exact) mass is 524 g/mol. The van der Waals surface area contributed by atoms with Crippen molar-refractivity contribution in [3.63, 3.8) is 0 Å². The van der Waals surface area contributed by atoms with Crippen LogP contribution in [0.15, 0.2) is 48.5 Å². The molecule has 7 heteroatoms. The summed E-state index contributed by atoms with van der Waals surface area (Å²) in [6.45, 7) is 9.44. The number of aliphatic hydroxyl groups excluding tert-OH is 1. The van der Waals surface area contributed by atoms with E-state index in [4.69, 9.17) is 9.57 Å². The number of hydroxylamine groups is 2. The van der Waals surface area contributed by atoms with Gasteiger partial charge in [0.25, 0.3) is 0 Å². The number of carbonyl (C=O) groups excluding carboxylic acids is 1. The second kappa shape index (κ2) is 12.2. The molecule has 1 aliphatic heterocycles. The van der Waals surface area contributed by atoms with Crippen LogP contribution in [0.5, 0.6) is 11.5 Å². The highest BCUT2D eigenvalue weighted by atomic mass is 16.7. The van der Waals surface area contributed by atoms with Crippen molar-refractivity contribution >= 4 is 5.78 Å². The molecule has 38 heavy (non-hydrogen) atoms. The van der Waals surface area contributed by atoms with Gasteiger partial charge in [-0.05, 0) is 65.5 Å². The fourth-order valence-electron chi connectivity index (χ4n) is 6.10. The van der Waals surface area contributed by atoms with Gasteiger partial charge in [0.15, 0.2) is 5.78 Å². The van der Waals surface area contributed by atoms with Crippen molar-refractivity contribution in [3.05, 3.63) is 59.7 Å². The van der Waals surface area contributed by atoms with Crippen LogP contribution in [0.25, 0.3) is 0 Å². The second-order valence-corrected chi connectivity index (χ2v) is 12.1. The van der Waals surface area contributed by atoms with Crippen LogP contribution < -0.4 is 10.1 Å². The fourth-order valence-corrected chi connectivity index (χ4v) is 6.10. The molecule has 2 aromatic carbocycles. The van der Waals surface area contributed by atoms with Gasteiger partial charge >= 0.3 is 0 Å². The van der Waals surface area contributed by atoms with Crippen LogP contribution in [0.3, 0.4) is 0 Å². The summed E-state index contributed by atoms with van der Waals surface area (Å²) in [7, 11) is 0. The van der Waals surface area contributed by atoms with Gasteiger partial charge in [-0.15, -0.1) is 0 Å². The third-order valence-corrected chi connectivity index (χ3v) is 7.73. The Bertz CT molecular complexity index is 1050. The zero-order valence-electron chi connectivity index (χ0n) is 23.3. The molecule has 2 aliphatic rings. The predicted molar refractivity (Wildman–Crippen MR) is 148 cm³/mol. The molecule has 1 heterocycles. The molecule has 3 N–H and O–H groups in total. The molecule has 7 nitrogen and oxygen atoms in total.